The SMILES string of the molecule is CCOc1cccc2sc(N(CCN(C)C)C(=O)/C=C/c3ccccc3Cl)nc12. The maximum atomic E-state index is 13.0. The first-order valence-corrected chi connectivity index (χ1v) is 10.6. The summed E-state index contributed by atoms with van der Waals surface area (Å²) in [5, 5.41) is 1.26. The number of carbonyl (C=O) groups is 1. The van der Waals surface area contributed by atoms with E-state index in [1.54, 1.807) is 23.1 Å². The molecule has 3 aromatic rings. The van der Waals surface area contributed by atoms with Crippen molar-refractivity contribution in [2.24, 2.45) is 0 Å². The van der Waals surface area contributed by atoms with Gasteiger partial charge in [0.15, 0.2) is 5.13 Å². The molecule has 0 unspecified atom stereocenters. The van der Waals surface area contributed by atoms with E-state index in [1.807, 2.05) is 62.3 Å². The molecule has 7 heteroatoms. The molecular formula is C22H24ClN3O2S. The normalized spacial score (nSPS) is 11.5. The van der Waals surface area contributed by atoms with Crippen LogP contribution in [-0.4, -0.2) is 49.6 Å². The van der Waals surface area contributed by atoms with Crippen molar-refractivity contribution in [3.05, 3.63) is 59.1 Å². The highest BCUT2D eigenvalue weighted by atomic mass is 35.5. The molecule has 29 heavy (non-hydrogen) atoms. The Morgan fingerprint density at radius 1 is 1.17 bits per heavy atom. The summed E-state index contributed by atoms with van der Waals surface area (Å²) in [5.74, 6) is 0.600. The maximum absolute atomic E-state index is 13.0. The molecule has 0 aliphatic carbocycles. The average Bonchev–Trinajstić information content (AvgIpc) is 3.12. The number of ether oxygens (including phenoxy) is 1. The minimum Gasteiger partial charge on any atom is -0.492 e. The Kier molecular flexibility index (Phi) is 7.25. The van der Waals surface area contributed by atoms with E-state index in [0.29, 0.717) is 23.3 Å². The number of thiazole rings is 1. The van der Waals surface area contributed by atoms with Gasteiger partial charge in [0.2, 0.25) is 0 Å². The van der Waals surface area contributed by atoms with Gasteiger partial charge in [-0.05, 0) is 50.9 Å². The number of halogens is 1. The van der Waals surface area contributed by atoms with Gasteiger partial charge in [-0.3, -0.25) is 9.69 Å². The number of aromatic nitrogens is 1. The van der Waals surface area contributed by atoms with Gasteiger partial charge in [-0.25, -0.2) is 4.98 Å². The molecule has 1 heterocycles. The van der Waals surface area contributed by atoms with E-state index in [4.69, 9.17) is 21.3 Å². The zero-order chi connectivity index (χ0) is 20.8. The van der Waals surface area contributed by atoms with Crippen molar-refractivity contribution in [2.45, 2.75) is 6.92 Å². The predicted octanol–water partition coefficient (Wildman–Crippen LogP) is 4.96. The van der Waals surface area contributed by atoms with Crippen LogP contribution in [0.4, 0.5) is 5.13 Å². The van der Waals surface area contributed by atoms with Crippen LogP contribution < -0.4 is 9.64 Å². The first kappa shape index (κ1) is 21.3. The number of amides is 1. The molecule has 0 saturated carbocycles. The number of anilines is 1. The van der Waals surface area contributed by atoms with Crippen LogP contribution in [0.15, 0.2) is 48.5 Å². The largest absolute Gasteiger partial charge is 0.492 e. The highest BCUT2D eigenvalue weighted by molar-refractivity contribution is 7.22. The maximum Gasteiger partial charge on any atom is 0.252 e. The molecule has 1 aromatic heterocycles. The molecule has 2 aromatic carbocycles. The van der Waals surface area contributed by atoms with Gasteiger partial charge in [0.1, 0.15) is 11.3 Å². The first-order chi connectivity index (χ1) is 14.0. The van der Waals surface area contributed by atoms with E-state index in [9.17, 15) is 4.79 Å². The van der Waals surface area contributed by atoms with Crippen LogP contribution in [0.3, 0.4) is 0 Å². The smallest absolute Gasteiger partial charge is 0.252 e. The topological polar surface area (TPSA) is 45.7 Å². The molecule has 0 aliphatic rings. The second-order valence-electron chi connectivity index (χ2n) is 6.68. The lowest BCUT2D eigenvalue weighted by atomic mass is 10.2. The molecule has 152 valence electrons. The lowest BCUT2D eigenvalue weighted by molar-refractivity contribution is -0.114. The van der Waals surface area contributed by atoms with E-state index in [1.165, 1.54) is 11.3 Å². The van der Waals surface area contributed by atoms with Gasteiger partial charge in [-0.2, -0.15) is 0 Å². The van der Waals surface area contributed by atoms with Crippen LogP contribution in [-0.2, 0) is 4.79 Å². The van der Waals surface area contributed by atoms with Crippen molar-refractivity contribution in [3.63, 3.8) is 0 Å². The fourth-order valence-corrected chi connectivity index (χ4v) is 3.97. The quantitative estimate of drug-likeness (QED) is 0.475. The molecule has 0 spiro atoms. The van der Waals surface area contributed by atoms with Crippen LogP contribution in [0.25, 0.3) is 16.3 Å². The minimum absolute atomic E-state index is 0.135. The van der Waals surface area contributed by atoms with Gasteiger partial charge in [-0.15, -0.1) is 0 Å². The monoisotopic (exact) mass is 429 g/mol. The van der Waals surface area contributed by atoms with Crippen molar-refractivity contribution in [2.75, 3.05) is 38.7 Å². The van der Waals surface area contributed by atoms with E-state index in [-0.39, 0.29) is 5.91 Å². The summed E-state index contributed by atoms with van der Waals surface area (Å²) in [6.07, 6.45) is 3.29. The van der Waals surface area contributed by atoms with Crippen molar-refractivity contribution in [3.8, 4) is 5.75 Å². The summed E-state index contributed by atoms with van der Waals surface area (Å²) in [7, 11) is 3.96. The van der Waals surface area contributed by atoms with Crippen molar-refractivity contribution < 1.29 is 9.53 Å². The van der Waals surface area contributed by atoms with Crippen LogP contribution in [0.1, 0.15) is 12.5 Å². The van der Waals surface area contributed by atoms with Gasteiger partial charge in [0, 0.05) is 24.2 Å². The highest BCUT2D eigenvalue weighted by Gasteiger charge is 2.19. The molecular weight excluding hydrogens is 406 g/mol. The Balaban J connectivity index is 1.92. The van der Waals surface area contributed by atoms with Gasteiger partial charge in [0.05, 0.1) is 11.3 Å². The highest BCUT2D eigenvalue weighted by Crippen LogP contribution is 2.34. The predicted molar refractivity (Wildman–Crippen MR) is 122 cm³/mol. The van der Waals surface area contributed by atoms with Gasteiger partial charge in [-0.1, -0.05) is 47.2 Å². The van der Waals surface area contributed by atoms with Crippen molar-refractivity contribution >= 4 is 50.3 Å². The number of rotatable bonds is 8. The summed E-state index contributed by atoms with van der Waals surface area (Å²) >= 11 is 7.69. The van der Waals surface area contributed by atoms with E-state index < -0.39 is 0 Å². The zero-order valence-corrected chi connectivity index (χ0v) is 18.3. The third-order valence-corrected chi connectivity index (χ3v) is 5.64. The number of nitrogens with zero attached hydrogens (tertiary/aromatic N) is 3. The Morgan fingerprint density at radius 3 is 2.69 bits per heavy atom. The molecule has 1 amide bonds. The zero-order valence-electron chi connectivity index (χ0n) is 16.8. The van der Waals surface area contributed by atoms with Crippen LogP contribution >= 0.6 is 22.9 Å². The van der Waals surface area contributed by atoms with E-state index in [0.717, 1.165) is 28.1 Å². The number of hydrogen-bond donors (Lipinski definition) is 0. The third-order valence-electron chi connectivity index (χ3n) is 4.25. The molecule has 0 radical (unpaired) electrons. The Bertz CT molecular complexity index is 1020. The number of likely N-dealkylation sites (N-methyl/N-ethyl adjacent to an activating group) is 1. The first-order valence-electron chi connectivity index (χ1n) is 9.40. The lowest BCUT2D eigenvalue weighted by Crippen LogP contribution is -2.35. The Labute approximate surface area is 180 Å². The van der Waals surface area contributed by atoms with Crippen molar-refractivity contribution in [1.29, 1.82) is 0 Å². The molecule has 0 bridgehead atoms. The molecule has 0 saturated heterocycles. The van der Waals surface area contributed by atoms with E-state index >= 15 is 0 Å². The summed E-state index contributed by atoms with van der Waals surface area (Å²) in [6.45, 7) is 3.76. The number of para-hydroxylation sites is 1. The number of fused-ring (bicyclic) bond motifs is 1. The lowest BCUT2D eigenvalue weighted by Gasteiger charge is -2.20. The van der Waals surface area contributed by atoms with Crippen LogP contribution in [0.2, 0.25) is 5.02 Å². The molecule has 0 aliphatic heterocycles. The molecule has 5 nitrogen and oxygen atoms in total. The fraction of sp³-hybridized carbons (Fsp3) is 0.273. The second kappa shape index (κ2) is 9.87. The van der Waals surface area contributed by atoms with Crippen molar-refractivity contribution in [1.82, 2.24) is 9.88 Å². The Hall–Kier alpha value is -2.41. The number of hydrogen-bond acceptors (Lipinski definition) is 5. The molecule has 3 rings (SSSR count). The van der Waals surface area contributed by atoms with Gasteiger partial charge in [0.25, 0.3) is 5.91 Å². The Morgan fingerprint density at radius 2 is 1.97 bits per heavy atom. The minimum atomic E-state index is -0.135. The van der Waals surface area contributed by atoms with E-state index in [2.05, 4.69) is 0 Å². The summed E-state index contributed by atoms with van der Waals surface area (Å²) in [5.41, 5.74) is 1.59. The van der Waals surface area contributed by atoms with Gasteiger partial charge >= 0.3 is 0 Å². The molecule has 0 atom stereocenters. The van der Waals surface area contributed by atoms with Gasteiger partial charge < -0.3 is 9.64 Å². The van der Waals surface area contributed by atoms with Crippen LogP contribution in [0.5, 0.6) is 5.75 Å². The summed E-state index contributed by atoms with van der Waals surface area (Å²) < 4.78 is 6.68. The van der Waals surface area contributed by atoms with Crippen LogP contribution in [0, 0.1) is 0 Å². The summed E-state index contributed by atoms with van der Waals surface area (Å²) in [4.78, 5) is 21.5. The third kappa shape index (κ3) is 5.35. The number of benzene rings is 2. The standard InChI is InChI=1S/C22H24ClN3O2S/c1-4-28-18-10-7-11-19-21(18)24-22(29-19)26(15-14-25(2)3)20(27)13-12-16-8-5-6-9-17(16)23/h5-13H,4,14-15H2,1-3H3/b13-12+. The average molecular weight is 430 g/mol. The molecule has 0 fully saturated rings. The summed E-state index contributed by atoms with van der Waals surface area (Å²) in [6, 6.07) is 13.3. The fourth-order valence-electron chi connectivity index (χ4n) is 2.76. The molecule has 0 N–H and O–H groups in total. The second-order valence-corrected chi connectivity index (χ2v) is 8.10. The number of carbonyl (C=O) groups excluding carboxylic acids is 1.